The van der Waals surface area contributed by atoms with Gasteiger partial charge in [0.25, 0.3) is 8.32 Å². The first kappa shape index (κ1) is 21.9. The van der Waals surface area contributed by atoms with Gasteiger partial charge in [0.15, 0.2) is 0 Å². The van der Waals surface area contributed by atoms with Crippen LogP contribution in [0.25, 0.3) is 0 Å². The van der Waals surface area contributed by atoms with E-state index in [4.69, 9.17) is 4.43 Å². The topological polar surface area (TPSA) is 9.23 Å². The molecular weight excluding hydrogens is 368 g/mol. The molecule has 2 aromatic rings. The summed E-state index contributed by atoms with van der Waals surface area (Å²) in [6.45, 7) is 10.0. The first-order valence-electron chi connectivity index (χ1n) is 11.2. The van der Waals surface area contributed by atoms with E-state index in [1.807, 2.05) is 0 Å². The molecule has 0 spiro atoms. The summed E-state index contributed by atoms with van der Waals surface area (Å²) in [7, 11) is -2.45. The van der Waals surface area contributed by atoms with Gasteiger partial charge in [-0.1, -0.05) is 107 Å². The molecule has 0 heterocycles. The Labute approximate surface area is 179 Å². The summed E-state index contributed by atoms with van der Waals surface area (Å²) in [6, 6.07) is 21.8. The van der Waals surface area contributed by atoms with Crippen LogP contribution < -0.4 is 10.4 Å². The van der Waals surface area contributed by atoms with Crippen LogP contribution >= 0.6 is 0 Å². The zero-order valence-electron chi connectivity index (χ0n) is 18.6. The molecule has 1 saturated carbocycles. The molecule has 0 amide bonds. The molecule has 2 aromatic carbocycles. The van der Waals surface area contributed by atoms with Crippen LogP contribution in [-0.4, -0.2) is 14.9 Å². The van der Waals surface area contributed by atoms with Gasteiger partial charge in [0.2, 0.25) is 0 Å². The van der Waals surface area contributed by atoms with Crippen LogP contribution in [0.2, 0.25) is 5.04 Å². The number of hydrogen-bond acceptors (Lipinski definition) is 1. The van der Waals surface area contributed by atoms with Crippen LogP contribution in [0, 0.1) is 17.3 Å². The van der Waals surface area contributed by atoms with Crippen molar-refractivity contribution in [1.29, 1.82) is 0 Å². The lowest BCUT2D eigenvalue weighted by Crippen LogP contribution is -2.67. The molecule has 1 aliphatic rings. The monoisotopic (exact) mass is 404 g/mol. The standard InChI is InChI=1S/C27H36OSi/c1-5-6-7-8-15-20-27(21-22-27)23-28-29(26(2,3)4,24-16-11-9-12-17-24)25-18-13-10-14-19-25/h9-14,16-19H,5-8,21-23H2,1-4H3. The molecule has 0 aliphatic heterocycles. The molecule has 154 valence electrons. The highest BCUT2D eigenvalue weighted by Crippen LogP contribution is 2.47. The highest BCUT2D eigenvalue weighted by atomic mass is 28.4. The molecule has 0 saturated heterocycles. The van der Waals surface area contributed by atoms with Crippen molar-refractivity contribution in [1.82, 2.24) is 0 Å². The number of rotatable bonds is 8. The quantitative estimate of drug-likeness (QED) is 0.301. The number of benzene rings is 2. The molecule has 0 bridgehead atoms. The van der Waals surface area contributed by atoms with Gasteiger partial charge in [-0.05, 0) is 34.7 Å². The third-order valence-electron chi connectivity index (χ3n) is 6.09. The minimum Gasteiger partial charge on any atom is -0.406 e. The predicted molar refractivity (Wildman–Crippen MR) is 127 cm³/mol. The summed E-state index contributed by atoms with van der Waals surface area (Å²) < 4.78 is 7.11. The Morgan fingerprint density at radius 2 is 1.45 bits per heavy atom. The lowest BCUT2D eigenvalue weighted by molar-refractivity contribution is 0.254. The summed E-state index contributed by atoms with van der Waals surface area (Å²) in [6.07, 6.45) is 7.12. The van der Waals surface area contributed by atoms with E-state index in [1.165, 1.54) is 42.5 Å². The fraction of sp³-hybridized carbons (Fsp3) is 0.481. The second kappa shape index (κ2) is 9.33. The van der Waals surface area contributed by atoms with E-state index in [9.17, 15) is 0 Å². The number of hydrogen-bond donors (Lipinski definition) is 0. The average Bonchev–Trinajstić information content (AvgIpc) is 3.49. The SMILES string of the molecule is CCCCCC#CC1(CO[Si](c2ccccc2)(c2ccccc2)C(C)(C)C)CC1. The van der Waals surface area contributed by atoms with Crippen LogP contribution in [-0.2, 0) is 4.43 Å². The minimum atomic E-state index is -2.45. The molecule has 1 fully saturated rings. The second-order valence-electron chi connectivity index (χ2n) is 9.49. The van der Waals surface area contributed by atoms with E-state index in [-0.39, 0.29) is 10.5 Å². The zero-order valence-corrected chi connectivity index (χ0v) is 19.6. The van der Waals surface area contributed by atoms with Crippen molar-refractivity contribution in [3.05, 3.63) is 60.7 Å². The first-order chi connectivity index (χ1) is 13.9. The highest BCUT2D eigenvalue weighted by molar-refractivity contribution is 6.99. The van der Waals surface area contributed by atoms with Crippen LogP contribution in [0.5, 0.6) is 0 Å². The van der Waals surface area contributed by atoms with E-state index in [1.54, 1.807) is 0 Å². The summed E-state index contributed by atoms with van der Waals surface area (Å²) >= 11 is 0. The normalized spacial score (nSPS) is 15.4. The van der Waals surface area contributed by atoms with Crippen LogP contribution in [0.15, 0.2) is 60.7 Å². The Hall–Kier alpha value is -1.82. The van der Waals surface area contributed by atoms with Crippen LogP contribution in [0.1, 0.15) is 66.2 Å². The van der Waals surface area contributed by atoms with Crippen LogP contribution in [0.4, 0.5) is 0 Å². The summed E-state index contributed by atoms with van der Waals surface area (Å²) in [5, 5.41) is 2.73. The van der Waals surface area contributed by atoms with Gasteiger partial charge >= 0.3 is 0 Å². The number of unbranched alkanes of at least 4 members (excludes halogenated alkanes) is 3. The molecule has 3 rings (SSSR count). The van der Waals surface area contributed by atoms with Gasteiger partial charge in [-0.3, -0.25) is 0 Å². The fourth-order valence-corrected chi connectivity index (χ4v) is 8.83. The Kier molecular flexibility index (Phi) is 7.04. The molecule has 2 heteroatoms. The van der Waals surface area contributed by atoms with Crippen molar-refractivity contribution in [3.63, 3.8) is 0 Å². The molecule has 0 aromatic heterocycles. The smallest absolute Gasteiger partial charge is 0.261 e. The molecular formula is C27H36OSi. The van der Waals surface area contributed by atoms with Gasteiger partial charge in [-0.15, -0.1) is 5.92 Å². The van der Waals surface area contributed by atoms with Crippen molar-refractivity contribution < 1.29 is 4.43 Å². The van der Waals surface area contributed by atoms with Gasteiger partial charge in [-0.25, -0.2) is 0 Å². The summed E-state index contributed by atoms with van der Waals surface area (Å²) in [5.74, 6) is 7.07. The lowest BCUT2D eigenvalue weighted by atomic mass is 10.1. The van der Waals surface area contributed by atoms with Crippen molar-refractivity contribution >= 4 is 18.7 Å². The largest absolute Gasteiger partial charge is 0.406 e. The van der Waals surface area contributed by atoms with Gasteiger partial charge in [-0.2, -0.15) is 0 Å². The minimum absolute atomic E-state index is 0.0281. The first-order valence-corrected chi connectivity index (χ1v) is 13.1. The van der Waals surface area contributed by atoms with Crippen molar-refractivity contribution in [2.45, 2.75) is 71.3 Å². The Balaban J connectivity index is 1.91. The maximum atomic E-state index is 7.11. The molecule has 0 atom stereocenters. The van der Waals surface area contributed by atoms with Crippen molar-refractivity contribution in [3.8, 4) is 11.8 Å². The average molecular weight is 405 g/mol. The maximum Gasteiger partial charge on any atom is 0.261 e. The molecule has 29 heavy (non-hydrogen) atoms. The molecule has 0 unspecified atom stereocenters. The van der Waals surface area contributed by atoms with Gasteiger partial charge in [0.1, 0.15) is 0 Å². The third kappa shape index (κ3) is 5.03. The van der Waals surface area contributed by atoms with E-state index >= 15 is 0 Å². The van der Waals surface area contributed by atoms with Gasteiger partial charge < -0.3 is 4.43 Å². The van der Waals surface area contributed by atoms with E-state index in [2.05, 4.69) is 100 Å². The van der Waals surface area contributed by atoms with E-state index in [0.29, 0.717) is 0 Å². The molecule has 0 N–H and O–H groups in total. The van der Waals surface area contributed by atoms with Gasteiger partial charge in [0.05, 0.1) is 12.0 Å². The second-order valence-corrected chi connectivity index (χ2v) is 13.8. The Morgan fingerprint density at radius 3 is 1.90 bits per heavy atom. The fourth-order valence-electron chi connectivity index (χ4n) is 4.18. The summed E-state index contributed by atoms with van der Waals surface area (Å²) in [5.41, 5.74) is 0.0826. The highest BCUT2D eigenvalue weighted by Gasteiger charge is 2.52. The Morgan fingerprint density at radius 1 is 0.897 bits per heavy atom. The Bertz CT molecular complexity index is 780. The molecule has 1 aliphatic carbocycles. The molecule has 1 nitrogen and oxygen atoms in total. The third-order valence-corrected chi connectivity index (χ3v) is 11.1. The van der Waals surface area contributed by atoms with E-state index in [0.717, 1.165) is 13.0 Å². The van der Waals surface area contributed by atoms with E-state index < -0.39 is 8.32 Å². The zero-order chi connectivity index (χ0) is 20.8. The lowest BCUT2D eigenvalue weighted by Gasteiger charge is -2.43. The summed E-state index contributed by atoms with van der Waals surface area (Å²) in [4.78, 5) is 0. The molecule has 0 radical (unpaired) electrons. The van der Waals surface area contributed by atoms with Gasteiger partial charge in [0, 0.05) is 6.42 Å². The van der Waals surface area contributed by atoms with Crippen LogP contribution in [0.3, 0.4) is 0 Å². The van der Waals surface area contributed by atoms with Crippen molar-refractivity contribution in [2.75, 3.05) is 6.61 Å². The predicted octanol–water partition coefficient (Wildman–Crippen LogP) is 5.93. The van der Waals surface area contributed by atoms with Crippen molar-refractivity contribution in [2.24, 2.45) is 5.41 Å². The maximum absolute atomic E-state index is 7.11.